The standard InChI is InChI=1S/C17H15F2NO3S/c1-20(2)24(22,23)15-5-3-4-13(11-15)17(21)9-6-12-10-14(18)7-8-16(12)19/h3-11H,1-2H3/b9-6+. The highest BCUT2D eigenvalue weighted by molar-refractivity contribution is 7.89. The largest absolute Gasteiger partial charge is 0.289 e. The first-order valence-electron chi connectivity index (χ1n) is 6.92. The van der Waals surface area contributed by atoms with Crippen molar-refractivity contribution in [1.29, 1.82) is 0 Å². The number of hydrogen-bond donors (Lipinski definition) is 0. The van der Waals surface area contributed by atoms with Gasteiger partial charge in [0, 0.05) is 25.2 Å². The third-order valence-corrected chi connectivity index (χ3v) is 5.08. The van der Waals surface area contributed by atoms with Crippen LogP contribution in [0, 0.1) is 11.6 Å². The van der Waals surface area contributed by atoms with Crippen LogP contribution in [0.15, 0.2) is 53.4 Å². The van der Waals surface area contributed by atoms with Crippen LogP contribution in [-0.4, -0.2) is 32.6 Å². The number of carbonyl (C=O) groups is 1. The van der Waals surface area contributed by atoms with Gasteiger partial charge in [-0.25, -0.2) is 21.5 Å². The third-order valence-electron chi connectivity index (χ3n) is 3.27. The predicted octanol–water partition coefficient (Wildman–Crippen LogP) is 3.11. The Kier molecular flexibility index (Phi) is 5.26. The number of halogens is 2. The fourth-order valence-electron chi connectivity index (χ4n) is 1.92. The Morgan fingerprint density at radius 3 is 2.46 bits per heavy atom. The van der Waals surface area contributed by atoms with Crippen LogP contribution in [0.2, 0.25) is 0 Å². The summed E-state index contributed by atoms with van der Waals surface area (Å²) in [5, 5.41) is 0. The van der Waals surface area contributed by atoms with Crippen LogP contribution in [0.5, 0.6) is 0 Å². The van der Waals surface area contributed by atoms with Crippen molar-refractivity contribution < 1.29 is 22.0 Å². The number of carbonyl (C=O) groups excluding carboxylic acids is 1. The number of sulfonamides is 1. The van der Waals surface area contributed by atoms with Gasteiger partial charge in [-0.15, -0.1) is 0 Å². The zero-order valence-electron chi connectivity index (χ0n) is 13.0. The lowest BCUT2D eigenvalue weighted by Crippen LogP contribution is -2.22. The molecule has 0 aliphatic rings. The maximum Gasteiger partial charge on any atom is 0.242 e. The highest BCUT2D eigenvalue weighted by Crippen LogP contribution is 2.16. The predicted molar refractivity (Wildman–Crippen MR) is 87.0 cm³/mol. The van der Waals surface area contributed by atoms with Gasteiger partial charge in [0.1, 0.15) is 11.6 Å². The second-order valence-corrected chi connectivity index (χ2v) is 7.33. The van der Waals surface area contributed by atoms with E-state index in [0.29, 0.717) is 0 Å². The van der Waals surface area contributed by atoms with Crippen LogP contribution < -0.4 is 0 Å². The van der Waals surface area contributed by atoms with Crippen molar-refractivity contribution in [3.8, 4) is 0 Å². The molecule has 0 spiro atoms. The van der Waals surface area contributed by atoms with Crippen molar-refractivity contribution in [3.05, 3.63) is 71.3 Å². The molecular formula is C17H15F2NO3S. The van der Waals surface area contributed by atoms with E-state index in [9.17, 15) is 22.0 Å². The van der Waals surface area contributed by atoms with Gasteiger partial charge in [-0.1, -0.05) is 12.1 Å². The molecule has 2 aromatic rings. The Morgan fingerprint density at radius 2 is 1.79 bits per heavy atom. The maximum atomic E-state index is 13.5. The number of nitrogens with zero attached hydrogens (tertiary/aromatic N) is 1. The molecule has 24 heavy (non-hydrogen) atoms. The molecule has 0 atom stereocenters. The van der Waals surface area contributed by atoms with E-state index in [1.165, 1.54) is 38.4 Å². The van der Waals surface area contributed by atoms with Gasteiger partial charge in [0.2, 0.25) is 10.0 Å². The van der Waals surface area contributed by atoms with Crippen molar-refractivity contribution in [2.24, 2.45) is 0 Å². The van der Waals surface area contributed by atoms with Gasteiger partial charge >= 0.3 is 0 Å². The summed E-state index contributed by atoms with van der Waals surface area (Å²) < 4.78 is 51.8. The molecule has 0 bridgehead atoms. The lowest BCUT2D eigenvalue weighted by molar-refractivity contribution is 0.104. The first-order chi connectivity index (χ1) is 11.2. The minimum absolute atomic E-state index is 0.0244. The summed E-state index contributed by atoms with van der Waals surface area (Å²) in [6.07, 6.45) is 2.22. The number of benzene rings is 2. The molecule has 0 heterocycles. The third kappa shape index (κ3) is 3.93. The smallest absolute Gasteiger partial charge is 0.242 e. The SMILES string of the molecule is CN(C)S(=O)(=O)c1cccc(C(=O)/C=C/c2cc(F)ccc2F)c1. The summed E-state index contributed by atoms with van der Waals surface area (Å²) in [5.41, 5.74) is 0.0615. The van der Waals surface area contributed by atoms with Crippen molar-refractivity contribution >= 4 is 21.9 Å². The average Bonchev–Trinajstić information content (AvgIpc) is 2.55. The van der Waals surface area contributed by atoms with E-state index >= 15 is 0 Å². The van der Waals surface area contributed by atoms with Gasteiger partial charge in [-0.05, 0) is 42.5 Å². The average molecular weight is 351 g/mol. The van der Waals surface area contributed by atoms with Gasteiger partial charge in [-0.3, -0.25) is 4.79 Å². The minimum Gasteiger partial charge on any atom is -0.289 e. The van der Waals surface area contributed by atoms with E-state index in [2.05, 4.69) is 0 Å². The van der Waals surface area contributed by atoms with Crippen LogP contribution in [0.3, 0.4) is 0 Å². The van der Waals surface area contributed by atoms with E-state index in [4.69, 9.17) is 0 Å². The molecule has 0 unspecified atom stereocenters. The Labute approximate surface area is 139 Å². The fraction of sp³-hybridized carbons (Fsp3) is 0.118. The Morgan fingerprint density at radius 1 is 1.08 bits per heavy atom. The Hall–Kier alpha value is -2.38. The number of rotatable bonds is 5. The van der Waals surface area contributed by atoms with Crippen LogP contribution >= 0.6 is 0 Å². The molecule has 0 fully saturated rings. The first-order valence-corrected chi connectivity index (χ1v) is 8.36. The summed E-state index contributed by atoms with van der Waals surface area (Å²) in [6.45, 7) is 0. The zero-order chi connectivity index (χ0) is 17.9. The van der Waals surface area contributed by atoms with Crippen LogP contribution in [0.4, 0.5) is 8.78 Å². The maximum absolute atomic E-state index is 13.5. The molecule has 0 saturated heterocycles. The lowest BCUT2D eigenvalue weighted by atomic mass is 10.1. The van der Waals surface area contributed by atoms with Crippen molar-refractivity contribution in [2.75, 3.05) is 14.1 Å². The minimum atomic E-state index is -3.66. The molecule has 0 N–H and O–H groups in total. The van der Waals surface area contributed by atoms with E-state index < -0.39 is 27.4 Å². The van der Waals surface area contributed by atoms with Crippen molar-refractivity contribution in [2.45, 2.75) is 4.90 Å². The van der Waals surface area contributed by atoms with Gasteiger partial charge in [-0.2, -0.15) is 0 Å². The van der Waals surface area contributed by atoms with Crippen molar-refractivity contribution in [3.63, 3.8) is 0 Å². The van der Waals surface area contributed by atoms with Gasteiger partial charge in [0.25, 0.3) is 0 Å². The summed E-state index contributed by atoms with van der Waals surface area (Å²) in [4.78, 5) is 12.1. The highest BCUT2D eigenvalue weighted by atomic mass is 32.2. The van der Waals surface area contributed by atoms with Gasteiger partial charge in [0.05, 0.1) is 4.90 Å². The second kappa shape index (κ2) is 7.02. The highest BCUT2D eigenvalue weighted by Gasteiger charge is 2.18. The molecule has 4 nitrogen and oxygen atoms in total. The van der Waals surface area contributed by atoms with E-state index in [0.717, 1.165) is 34.7 Å². The zero-order valence-corrected chi connectivity index (χ0v) is 13.8. The molecule has 2 aromatic carbocycles. The molecule has 0 aliphatic carbocycles. The topological polar surface area (TPSA) is 54.5 Å². The van der Waals surface area contributed by atoms with Crippen molar-refractivity contribution in [1.82, 2.24) is 4.31 Å². The van der Waals surface area contributed by atoms with Crippen LogP contribution in [0.25, 0.3) is 6.08 Å². The monoisotopic (exact) mass is 351 g/mol. The second-order valence-electron chi connectivity index (χ2n) is 5.18. The number of allylic oxidation sites excluding steroid dienone is 1. The molecule has 126 valence electrons. The molecule has 0 saturated carbocycles. The van der Waals surface area contributed by atoms with E-state index in [1.54, 1.807) is 0 Å². The Bertz CT molecular complexity index is 906. The molecule has 7 heteroatoms. The van der Waals surface area contributed by atoms with Crippen LogP contribution in [0.1, 0.15) is 15.9 Å². The van der Waals surface area contributed by atoms with E-state index in [-0.39, 0.29) is 16.0 Å². The molecule has 2 rings (SSSR count). The van der Waals surface area contributed by atoms with Gasteiger partial charge in [0.15, 0.2) is 5.78 Å². The van der Waals surface area contributed by atoms with Gasteiger partial charge < -0.3 is 0 Å². The Balaban J connectivity index is 2.31. The molecule has 0 amide bonds. The normalized spacial score (nSPS) is 12.0. The summed E-state index contributed by atoms with van der Waals surface area (Å²) in [5.74, 6) is -1.80. The summed E-state index contributed by atoms with van der Waals surface area (Å²) >= 11 is 0. The molecule has 0 aromatic heterocycles. The first kappa shape index (κ1) is 18.0. The molecule has 0 radical (unpaired) electrons. The summed E-state index contributed by atoms with van der Waals surface area (Å²) in [6, 6.07) is 8.41. The lowest BCUT2D eigenvalue weighted by Gasteiger charge is -2.11. The quantitative estimate of drug-likeness (QED) is 0.614. The summed E-state index contributed by atoms with van der Waals surface area (Å²) in [7, 11) is -0.894. The molecular weight excluding hydrogens is 336 g/mol. The van der Waals surface area contributed by atoms with E-state index in [1.807, 2.05) is 0 Å². The van der Waals surface area contributed by atoms with Crippen LogP contribution in [-0.2, 0) is 10.0 Å². The molecule has 0 aliphatic heterocycles. The number of hydrogen-bond acceptors (Lipinski definition) is 3. The number of ketones is 1. The fourth-order valence-corrected chi connectivity index (χ4v) is 2.87.